The van der Waals surface area contributed by atoms with Crippen LogP contribution < -0.4 is 10.6 Å². The first-order chi connectivity index (χ1) is 8.86. The molecule has 110 valence electrons. The Labute approximate surface area is 138 Å². The fourth-order valence-electron chi connectivity index (χ4n) is 1.49. The van der Waals surface area contributed by atoms with Crippen LogP contribution in [-0.2, 0) is 6.54 Å². The first-order valence-corrected chi connectivity index (χ1v) is 5.77. The average Bonchev–Trinajstić information content (AvgIpc) is 2.93. The molecule has 5 nitrogen and oxygen atoms in total. The number of hydrogen-bond acceptors (Lipinski definition) is 4. The van der Waals surface area contributed by atoms with Crippen LogP contribution in [0.3, 0.4) is 0 Å². The second-order valence-electron chi connectivity index (χ2n) is 3.77. The van der Waals surface area contributed by atoms with E-state index in [2.05, 4.69) is 15.6 Å². The number of nitrogens with one attached hydrogen (secondary N) is 2. The number of pyridine rings is 1. The fourth-order valence-corrected chi connectivity index (χ4v) is 1.49. The number of furan rings is 1. The molecule has 2 rings (SSSR count). The zero-order valence-electron chi connectivity index (χ0n) is 10.7. The molecule has 2 heterocycles. The molecule has 0 unspecified atom stereocenters. The largest absolute Gasteiger partial charge is 0.459 e. The molecule has 0 bridgehead atoms. The van der Waals surface area contributed by atoms with Crippen molar-refractivity contribution in [3.8, 4) is 0 Å². The van der Waals surface area contributed by atoms with Gasteiger partial charge in [-0.2, -0.15) is 0 Å². The van der Waals surface area contributed by atoms with Crippen LogP contribution in [0.2, 0.25) is 0 Å². The number of amides is 1. The number of carbonyl (C=O) groups excluding carboxylic acids is 1. The van der Waals surface area contributed by atoms with Crippen molar-refractivity contribution in [2.75, 3.05) is 13.1 Å². The summed E-state index contributed by atoms with van der Waals surface area (Å²) >= 11 is 0. The molecule has 0 spiro atoms. The summed E-state index contributed by atoms with van der Waals surface area (Å²) in [5, 5.41) is 5.98. The van der Waals surface area contributed by atoms with Crippen LogP contribution in [0.25, 0.3) is 0 Å². The lowest BCUT2D eigenvalue weighted by atomic mass is 10.3. The van der Waals surface area contributed by atoms with Crippen molar-refractivity contribution in [1.82, 2.24) is 15.6 Å². The molecule has 2 N–H and O–H groups in total. The molecule has 2 aromatic heterocycles. The van der Waals surface area contributed by atoms with E-state index in [1.165, 1.54) is 6.26 Å². The molecule has 0 aliphatic heterocycles. The third-order valence-electron chi connectivity index (χ3n) is 2.38. The van der Waals surface area contributed by atoms with Crippen LogP contribution in [-0.4, -0.2) is 24.0 Å². The molecule has 1 amide bonds. The Balaban J connectivity index is 0.00000180. The average molecular weight is 407 g/mol. The van der Waals surface area contributed by atoms with Crippen LogP contribution in [0.1, 0.15) is 16.1 Å². The summed E-state index contributed by atoms with van der Waals surface area (Å²) < 4.78 is 4.98. The van der Waals surface area contributed by atoms with Gasteiger partial charge in [0, 0.05) is 32.0 Å². The molecule has 0 aliphatic carbocycles. The third kappa shape index (κ3) is 6.31. The molecular weight excluding hydrogens is 390 g/mol. The smallest absolute Gasteiger partial charge is 0.287 e. The highest BCUT2D eigenvalue weighted by Crippen LogP contribution is 1.98. The van der Waals surface area contributed by atoms with Gasteiger partial charge in [-0.1, -0.05) is 6.07 Å². The minimum absolute atomic E-state index is 0. The lowest BCUT2D eigenvalue weighted by Gasteiger charge is -2.05. The van der Waals surface area contributed by atoms with E-state index in [1.54, 1.807) is 18.3 Å². The fraction of sp³-hybridized carbons (Fsp3) is 0.231. The lowest BCUT2D eigenvalue weighted by molar-refractivity contribution is 0.0926. The first kappa shape index (κ1) is 18.8. The van der Waals surface area contributed by atoms with Gasteiger partial charge in [0.2, 0.25) is 0 Å². The molecule has 0 atom stereocenters. The van der Waals surface area contributed by atoms with Gasteiger partial charge in [0.05, 0.1) is 6.26 Å². The Hall–Kier alpha value is -1.18. The SMILES string of the molecule is Br.Br.O=C(NCCNCc1cccnc1)c1ccco1. The standard InChI is InChI=1S/C13H15N3O2.2BrH/c17-13(12-4-2-8-18-12)16-7-6-15-10-11-3-1-5-14-9-11;;/h1-5,8-9,15H,6-7,10H2,(H,16,17);2*1H. The van der Waals surface area contributed by atoms with Crippen LogP contribution in [0.4, 0.5) is 0 Å². The number of aromatic nitrogens is 1. The predicted octanol–water partition coefficient (Wildman–Crippen LogP) is 2.35. The molecule has 0 fully saturated rings. The van der Waals surface area contributed by atoms with Crippen molar-refractivity contribution in [2.24, 2.45) is 0 Å². The zero-order chi connectivity index (χ0) is 12.6. The molecule has 7 heteroatoms. The Kier molecular flexibility index (Phi) is 9.96. The monoisotopic (exact) mass is 405 g/mol. The van der Waals surface area contributed by atoms with Gasteiger partial charge in [0.25, 0.3) is 5.91 Å². The van der Waals surface area contributed by atoms with Crippen molar-refractivity contribution in [2.45, 2.75) is 6.54 Å². The van der Waals surface area contributed by atoms with Crippen molar-refractivity contribution in [3.63, 3.8) is 0 Å². The van der Waals surface area contributed by atoms with E-state index in [1.807, 2.05) is 18.3 Å². The zero-order valence-corrected chi connectivity index (χ0v) is 14.2. The van der Waals surface area contributed by atoms with Crippen molar-refractivity contribution < 1.29 is 9.21 Å². The minimum Gasteiger partial charge on any atom is -0.459 e. The van der Waals surface area contributed by atoms with Crippen LogP contribution in [0.5, 0.6) is 0 Å². The van der Waals surface area contributed by atoms with E-state index < -0.39 is 0 Å². The molecule has 0 radical (unpaired) electrons. The topological polar surface area (TPSA) is 67.2 Å². The molecule has 0 aliphatic rings. The Morgan fingerprint density at radius 2 is 2.05 bits per heavy atom. The summed E-state index contributed by atoms with van der Waals surface area (Å²) in [6.07, 6.45) is 5.04. The second kappa shape index (κ2) is 10.6. The molecule has 0 saturated heterocycles. The van der Waals surface area contributed by atoms with Gasteiger partial charge in [0.1, 0.15) is 0 Å². The van der Waals surface area contributed by atoms with Crippen molar-refractivity contribution >= 4 is 39.9 Å². The van der Waals surface area contributed by atoms with E-state index in [9.17, 15) is 4.79 Å². The number of nitrogens with zero attached hydrogens (tertiary/aromatic N) is 1. The van der Waals surface area contributed by atoms with Crippen molar-refractivity contribution in [1.29, 1.82) is 0 Å². The maximum Gasteiger partial charge on any atom is 0.287 e. The summed E-state index contributed by atoms with van der Waals surface area (Å²) in [6, 6.07) is 7.23. The summed E-state index contributed by atoms with van der Waals surface area (Å²) in [5.74, 6) is 0.144. The van der Waals surface area contributed by atoms with E-state index in [0.717, 1.165) is 12.1 Å². The number of hydrogen-bond donors (Lipinski definition) is 2. The van der Waals surface area contributed by atoms with Crippen LogP contribution in [0, 0.1) is 0 Å². The Bertz CT molecular complexity index is 478. The van der Waals surface area contributed by atoms with Crippen LogP contribution in [0.15, 0.2) is 47.3 Å². The number of carbonyl (C=O) groups is 1. The maximum atomic E-state index is 11.5. The third-order valence-corrected chi connectivity index (χ3v) is 2.38. The van der Waals surface area contributed by atoms with Crippen molar-refractivity contribution in [3.05, 3.63) is 54.2 Å². The lowest BCUT2D eigenvalue weighted by Crippen LogP contribution is -2.31. The van der Waals surface area contributed by atoms with Crippen LogP contribution >= 0.6 is 34.0 Å². The number of halogens is 2. The van der Waals surface area contributed by atoms with Gasteiger partial charge in [0.15, 0.2) is 5.76 Å². The molecular formula is C13H17Br2N3O2. The summed E-state index contributed by atoms with van der Waals surface area (Å²) in [7, 11) is 0. The first-order valence-electron chi connectivity index (χ1n) is 5.77. The van der Waals surface area contributed by atoms with E-state index in [4.69, 9.17) is 4.42 Å². The normalized spacial score (nSPS) is 9.20. The molecule has 0 saturated carbocycles. The summed E-state index contributed by atoms with van der Waals surface area (Å²) in [5.41, 5.74) is 1.12. The van der Waals surface area contributed by atoms with E-state index in [-0.39, 0.29) is 39.9 Å². The highest BCUT2D eigenvalue weighted by Gasteiger charge is 2.06. The van der Waals surface area contributed by atoms with Gasteiger partial charge in [-0.15, -0.1) is 34.0 Å². The molecule has 0 aromatic carbocycles. The quantitative estimate of drug-likeness (QED) is 0.722. The van der Waals surface area contributed by atoms with Gasteiger partial charge >= 0.3 is 0 Å². The van der Waals surface area contributed by atoms with Gasteiger partial charge in [-0.3, -0.25) is 9.78 Å². The minimum atomic E-state index is -0.192. The number of rotatable bonds is 6. The van der Waals surface area contributed by atoms with Gasteiger partial charge in [-0.05, 0) is 23.8 Å². The van der Waals surface area contributed by atoms with Gasteiger partial charge in [-0.25, -0.2) is 0 Å². The maximum absolute atomic E-state index is 11.5. The molecule has 20 heavy (non-hydrogen) atoms. The predicted molar refractivity (Wildman–Crippen MR) is 87.6 cm³/mol. The Morgan fingerprint density at radius 3 is 2.70 bits per heavy atom. The highest BCUT2D eigenvalue weighted by molar-refractivity contribution is 8.93. The van der Waals surface area contributed by atoms with Gasteiger partial charge < -0.3 is 15.1 Å². The Morgan fingerprint density at radius 1 is 1.20 bits per heavy atom. The van der Waals surface area contributed by atoms with E-state index in [0.29, 0.717) is 18.8 Å². The summed E-state index contributed by atoms with van der Waals surface area (Å²) in [4.78, 5) is 15.5. The van der Waals surface area contributed by atoms with E-state index >= 15 is 0 Å². The summed E-state index contributed by atoms with van der Waals surface area (Å²) in [6.45, 7) is 1.99. The highest BCUT2D eigenvalue weighted by atomic mass is 79.9. The second-order valence-corrected chi connectivity index (χ2v) is 3.77. The molecule has 2 aromatic rings.